The lowest BCUT2D eigenvalue weighted by Gasteiger charge is -2.27. The van der Waals surface area contributed by atoms with Crippen LogP contribution in [0.15, 0.2) is 18.2 Å². The number of nitriles is 1. The summed E-state index contributed by atoms with van der Waals surface area (Å²) in [6.07, 6.45) is 5.11. The predicted molar refractivity (Wildman–Crippen MR) is 70.7 cm³/mol. The lowest BCUT2D eigenvalue weighted by atomic mass is 9.82. The Bertz CT molecular complexity index is 450. The lowest BCUT2D eigenvalue weighted by Crippen LogP contribution is -2.21. The molecule has 1 saturated carbocycles. The molecular formula is C15H19FN2. The van der Waals surface area contributed by atoms with Crippen LogP contribution in [0.4, 0.5) is 10.1 Å². The number of nitrogens with one attached hydrogen (secondary N) is 1. The maximum Gasteiger partial charge on any atom is 0.126 e. The Labute approximate surface area is 108 Å². The third kappa shape index (κ3) is 3.46. The number of nitrogens with zero attached hydrogens (tertiary/aromatic N) is 1. The number of anilines is 1. The van der Waals surface area contributed by atoms with Crippen LogP contribution >= 0.6 is 0 Å². The van der Waals surface area contributed by atoms with Crippen LogP contribution in [0.5, 0.6) is 0 Å². The summed E-state index contributed by atoms with van der Waals surface area (Å²) in [5.41, 5.74) is 1.08. The van der Waals surface area contributed by atoms with E-state index < -0.39 is 0 Å². The normalized spacial score (nSPS) is 23.4. The van der Waals surface area contributed by atoms with Crippen LogP contribution in [0.25, 0.3) is 0 Å². The second-order valence-electron chi connectivity index (χ2n) is 5.36. The van der Waals surface area contributed by atoms with Gasteiger partial charge in [0, 0.05) is 12.2 Å². The molecule has 2 nitrogen and oxygen atoms in total. The summed E-state index contributed by atoms with van der Waals surface area (Å²) in [5, 5.41) is 12.1. The zero-order chi connectivity index (χ0) is 13.0. The number of benzene rings is 1. The maximum atomic E-state index is 13.3. The summed E-state index contributed by atoms with van der Waals surface area (Å²) in [6.45, 7) is 3.17. The van der Waals surface area contributed by atoms with E-state index in [9.17, 15) is 4.39 Å². The standard InChI is InChI=1S/C15H19FN2/c1-11-3-2-4-12(5-11)10-18-15-7-13(9-17)6-14(16)8-15/h6-8,11-12,18H,2-5,10H2,1H3. The quantitative estimate of drug-likeness (QED) is 0.877. The number of rotatable bonds is 3. The van der Waals surface area contributed by atoms with Crippen molar-refractivity contribution < 1.29 is 4.39 Å². The van der Waals surface area contributed by atoms with Crippen molar-refractivity contribution in [1.82, 2.24) is 0 Å². The first-order valence-corrected chi connectivity index (χ1v) is 6.62. The van der Waals surface area contributed by atoms with Gasteiger partial charge in [0.1, 0.15) is 5.82 Å². The van der Waals surface area contributed by atoms with Crippen molar-refractivity contribution in [3.05, 3.63) is 29.6 Å². The highest BCUT2D eigenvalue weighted by molar-refractivity contribution is 5.49. The molecule has 0 aliphatic heterocycles. The van der Waals surface area contributed by atoms with Crippen molar-refractivity contribution in [2.75, 3.05) is 11.9 Å². The molecule has 0 spiro atoms. The highest BCUT2D eigenvalue weighted by atomic mass is 19.1. The number of hydrogen-bond acceptors (Lipinski definition) is 2. The molecule has 0 aromatic heterocycles. The monoisotopic (exact) mass is 246 g/mol. The molecule has 1 fully saturated rings. The van der Waals surface area contributed by atoms with Crippen molar-refractivity contribution in [3.8, 4) is 6.07 Å². The number of halogens is 1. The highest BCUT2D eigenvalue weighted by Crippen LogP contribution is 2.28. The van der Waals surface area contributed by atoms with E-state index in [1.807, 2.05) is 6.07 Å². The first-order valence-electron chi connectivity index (χ1n) is 6.62. The van der Waals surface area contributed by atoms with Crippen LogP contribution in [-0.2, 0) is 0 Å². The van der Waals surface area contributed by atoms with Gasteiger partial charge in [-0.15, -0.1) is 0 Å². The molecular weight excluding hydrogens is 227 g/mol. The Morgan fingerprint density at radius 2 is 2.22 bits per heavy atom. The van der Waals surface area contributed by atoms with Gasteiger partial charge in [0.2, 0.25) is 0 Å². The van der Waals surface area contributed by atoms with Crippen LogP contribution in [0.1, 0.15) is 38.2 Å². The fraction of sp³-hybridized carbons (Fsp3) is 0.533. The van der Waals surface area contributed by atoms with Crippen molar-refractivity contribution in [2.24, 2.45) is 11.8 Å². The zero-order valence-corrected chi connectivity index (χ0v) is 10.7. The molecule has 2 unspecified atom stereocenters. The topological polar surface area (TPSA) is 35.8 Å². The molecule has 1 N–H and O–H groups in total. The van der Waals surface area contributed by atoms with Crippen molar-refractivity contribution in [1.29, 1.82) is 5.26 Å². The third-order valence-electron chi connectivity index (χ3n) is 3.67. The van der Waals surface area contributed by atoms with Crippen LogP contribution < -0.4 is 5.32 Å². The van der Waals surface area contributed by atoms with Gasteiger partial charge in [-0.2, -0.15) is 5.26 Å². The Hall–Kier alpha value is -1.56. The minimum Gasteiger partial charge on any atom is -0.385 e. The second-order valence-corrected chi connectivity index (χ2v) is 5.36. The van der Waals surface area contributed by atoms with E-state index in [2.05, 4.69) is 12.2 Å². The Morgan fingerprint density at radius 3 is 2.94 bits per heavy atom. The molecule has 1 aliphatic rings. The number of hydrogen-bond donors (Lipinski definition) is 1. The van der Waals surface area contributed by atoms with Crippen LogP contribution in [-0.4, -0.2) is 6.54 Å². The van der Waals surface area contributed by atoms with Gasteiger partial charge in [-0.1, -0.05) is 19.8 Å². The predicted octanol–water partition coefficient (Wildman–Crippen LogP) is 3.94. The van der Waals surface area contributed by atoms with Crippen LogP contribution in [0.3, 0.4) is 0 Å². The first kappa shape index (κ1) is 12.9. The third-order valence-corrected chi connectivity index (χ3v) is 3.67. The second kappa shape index (κ2) is 5.86. The van der Waals surface area contributed by atoms with Gasteiger partial charge >= 0.3 is 0 Å². The molecule has 96 valence electrons. The van der Waals surface area contributed by atoms with E-state index in [4.69, 9.17) is 5.26 Å². The molecule has 0 bridgehead atoms. The molecule has 3 heteroatoms. The molecule has 2 atom stereocenters. The largest absolute Gasteiger partial charge is 0.385 e. The fourth-order valence-electron chi connectivity index (χ4n) is 2.76. The summed E-state index contributed by atoms with van der Waals surface area (Å²) in [5.74, 6) is 1.11. The summed E-state index contributed by atoms with van der Waals surface area (Å²) >= 11 is 0. The van der Waals surface area contributed by atoms with Crippen LogP contribution in [0.2, 0.25) is 0 Å². The average molecular weight is 246 g/mol. The molecule has 0 heterocycles. The van der Waals surface area contributed by atoms with Gasteiger partial charge in [-0.3, -0.25) is 0 Å². The first-order chi connectivity index (χ1) is 8.67. The van der Waals surface area contributed by atoms with Gasteiger partial charge in [0.15, 0.2) is 0 Å². The Kier molecular flexibility index (Phi) is 4.19. The summed E-state index contributed by atoms with van der Waals surface area (Å²) in [7, 11) is 0. The van der Waals surface area contributed by atoms with Gasteiger partial charge < -0.3 is 5.32 Å². The van der Waals surface area contributed by atoms with Gasteiger partial charge in [0.05, 0.1) is 11.6 Å². The molecule has 18 heavy (non-hydrogen) atoms. The summed E-state index contributed by atoms with van der Waals surface area (Å²) in [4.78, 5) is 0. The Balaban J connectivity index is 1.93. The Morgan fingerprint density at radius 1 is 1.39 bits per heavy atom. The fourth-order valence-corrected chi connectivity index (χ4v) is 2.76. The van der Waals surface area contributed by atoms with Gasteiger partial charge in [-0.25, -0.2) is 4.39 Å². The van der Waals surface area contributed by atoms with E-state index in [-0.39, 0.29) is 5.82 Å². The zero-order valence-electron chi connectivity index (χ0n) is 10.7. The van der Waals surface area contributed by atoms with Gasteiger partial charge in [0.25, 0.3) is 0 Å². The molecule has 1 aromatic rings. The minimum absolute atomic E-state index is 0.353. The lowest BCUT2D eigenvalue weighted by molar-refractivity contribution is 0.293. The van der Waals surface area contributed by atoms with E-state index in [0.717, 1.165) is 12.5 Å². The van der Waals surface area contributed by atoms with Gasteiger partial charge in [-0.05, 0) is 42.9 Å². The molecule has 2 rings (SSSR count). The van der Waals surface area contributed by atoms with Crippen molar-refractivity contribution >= 4 is 5.69 Å². The maximum absolute atomic E-state index is 13.3. The smallest absolute Gasteiger partial charge is 0.126 e. The molecule has 1 aliphatic carbocycles. The summed E-state index contributed by atoms with van der Waals surface area (Å²) in [6, 6.07) is 6.39. The highest BCUT2D eigenvalue weighted by Gasteiger charge is 2.18. The molecule has 0 amide bonds. The summed E-state index contributed by atoms with van der Waals surface area (Å²) < 4.78 is 13.3. The van der Waals surface area contributed by atoms with E-state index in [1.165, 1.54) is 37.8 Å². The van der Waals surface area contributed by atoms with Crippen molar-refractivity contribution in [3.63, 3.8) is 0 Å². The van der Waals surface area contributed by atoms with Crippen molar-refractivity contribution in [2.45, 2.75) is 32.6 Å². The average Bonchev–Trinajstić information content (AvgIpc) is 2.36. The van der Waals surface area contributed by atoms with E-state index >= 15 is 0 Å². The SMILES string of the molecule is CC1CCCC(CNc2cc(F)cc(C#N)c2)C1. The minimum atomic E-state index is -0.353. The van der Waals surface area contributed by atoms with Crippen LogP contribution in [0, 0.1) is 29.0 Å². The molecule has 0 radical (unpaired) electrons. The van der Waals surface area contributed by atoms with E-state index in [1.54, 1.807) is 6.07 Å². The molecule has 1 aromatic carbocycles. The van der Waals surface area contributed by atoms with E-state index in [0.29, 0.717) is 17.2 Å². The molecule has 0 saturated heterocycles.